The van der Waals surface area contributed by atoms with Crippen LogP contribution in [-0.2, 0) is 9.53 Å². The molecule has 1 rings (SSSR count). The van der Waals surface area contributed by atoms with Gasteiger partial charge in [0.25, 0.3) is 0 Å². The van der Waals surface area contributed by atoms with Crippen molar-refractivity contribution in [2.45, 2.75) is 57.6 Å². The number of nitrogens with two attached hydrogens (primary N) is 1. The lowest BCUT2D eigenvalue weighted by molar-refractivity contribution is -0.127. The minimum Gasteiger partial charge on any atom is -0.393 e. The van der Waals surface area contributed by atoms with Crippen LogP contribution < -0.4 is 11.1 Å². The van der Waals surface area contributed by atoms with Crippen LogP contribution in [0.1, 0.15) is 46.0 Å². The smallest absolute Gasteiger partial charge is 0.240 e. The summed E-state index contributed by atoms with van der Waals surface area (Å²) in [7, 11) is 0. The first-order chi connectivity index (χ1) is 10.5. The van der Waals surface area contributed by atoms with Gasteiger partial charge in [0.15, 0.2) is 0 Å². The van der Waals surface area contributed by atoms with Crippen molar-refractivity contribution < 1.29 is 14.6 Å². The Bertz CT molecular complexity index is 332. The zero-order valence-corrected chi connectivity index (χ0v) is 16.6. The summed E-state index contributed by atoms with van der Waals surface area (Å²) in [5.41, 5.74) is 5.25. The number of hydrogen-bond acceptors (Lipinski definition) is 5. The van der Waals surface area contributed by atoms with Gasteiger partial charge >= 0.3 is 0 Å². The molecule has 0 aliphatic carbocycles. The maximum Gasteiger partial charge on any atom is 0.240 e. The van der Waals surface area contributed by atoms with Gasteiger partial charge in [-0.1, -0.05) is 26.7 Å². The number of aliphatic hydroxyl groups excluding tert-OH is 1. The average Bonchev–Trinajstić information content (AvgIpc) is 2.53. The van der Waals surface area contributed by atoms with Crippen molar-refractivity contribution >= 4 is 30.7 Å². The SMILES string of the molecule is CCCC[C@H](O)CC(N)(CC)C(=O)NCCN1CCOCC1.Cl.Cl. The monoisotopic (exact) mass is 387 g/mol. The van der Waals surface area contributed by atoms with Crippen LogP contribution in [0.25, 0.3) is 0 Å². The number of carbonyl (C=O) groups excluding carboxylic acids is 1. The van der Waals surface area contributed by atoms with Crippen molar-refractivity contribution in [1.82, 2.24) is 10.2 Å². The number of rotatable bonds is 10. The molecule has 146 valence electrons. The minimum atomic E-state index is -0.974. The Labute approximate surface area is 158 Å². The van der Waals surface area contributed by atoms with Crippen molar-refractivity contribution in [2.24, 2.45) is 5.73 Å². The van der Waals surface area contributed by atoms with Crippen molar-refractivity contribution in [3.05, 3.63) is 0 Å². The second-order valence-corrected chi connectivity index (χ2v) is 6.22. The first-order valence-electron chi connectivity index (χ1n) is 8.57. The number of nitrogens with zero attached hydrogens (tertiary/aromatic N) is 1. The van der Waals surface area contributed by atoms with Crippen molar-refractivity contribution in [2.75, 3.05) is 39.4 Å². The van der Waals surface area contributed by atoms with E-state index in [0.717, 1.165) is 45.7 Å². The van der Waals surface area contributed by atoms with Gasteiger partial charge in [-0.05, 0) is 12.8 Å². The highest BCUT2D eigenvalue weighted by Crippen LogP contribution is 2.18. The van der Waals surface area contributed by atoms with E-state index in [2.05, 4.69) is 17.1 Å². The first-order valence-corrected chi connectivity index (χ1v) is 8.57. The van der Waals surface area contributed by atoms with Crippen molar-refractivity contribution in [3.63, 3.8) is 0 Å². The Kier molecular flexibility index (Phi) is 15.3. The van der Waals surface area contributed by atoms with E-state index in [4.69, 9.17) is 10.5 Å². The van der Waals surface area contributed by atoms with E-state index in [1.807, 2.05) is 6.92 Å². The maximum absolute atomic E-state index is 12.4. The number of hydrogen-bond donors (Lipinski definition) is 3. The van der Waals surface area contributed by atoms with Gasteiger partial charge < -0.3 is 20.9 Å². The van der Waals surface area contributed by atoms with Crippen LogP contribution in [0.5, 0.6) is 0 Å². The Hall–Kier alpha value is -0.110. The van der Waals surface area contributed by atoms with Gasteiger partial charge in [0.1, 0.15) is 0 Å². The van der Waals surface area contributed by atoms with E-state index >= 15 is 0 Å². The summed E-state index contributed by atoms with van der Waals surface area (Å²) < 4.78 is 5.30. The van der Waals surface area contributed by atoms with Crippen molar-refractivity contribution in [3.8, 4) is 0 Å². The zero-order valence-electron chi connectivity index (χ0n) is 15.0. The molecule has 0 aromatic rings. The zero-order chi connectivity index (χ0) is 16.4. The molecule has 1 aliphatic heterocycles. The quantitative estimate of drug-likeness (QED) is 0.526. The molecule has 1 fully saturated rings. The molecule has 1 unspecified atom stereocenters. The van der Waals surface area contributed by atoms with Gasteiger partial charge in [-0.15, -0.1) is 24.8 Å². The maximum atomic E-state index is 12.4. The number of aliphatic hydroxyl groups is 1. The Morgan fingerprint density at radius 2 is 1.96 bits per heavy atom. The van der Waals surface area contributed by atoms with Crippen LogP contribution in [0.15, 0.2) is 0 Å². The van der Waals surface area contributed by atoms with Gasteiger partial charge in [-0.3, -0.25) is 9.69 Å². The summed E-state index contributed by atoms with van der Waals surface area (Å²) in [5, 5.41) is 13.0. The fourth-order valence-electron chi connectivity index (χ4n) is 2.69. The molecular formula is C16H35Cl2N3O3. The molecule has 0 aromatic carbocycles. The van der Waals surface area contributed by atoms with Crippen LogP contribution in [0.2, 0.25) is 0 Å². The summed E-state index contributed by atoms with van der Waals surface area (Å²) >= 11 is 0. The molecule has 4 N–H and O–H groups in total. The summed E-state index contributed by atoms with van der Waals surface area (Å²) in [6, 6.07) is 0. The standard InChI is InChI=1S/C16H33N3O3.2ClH/c1-3-5-6-14(20)13-16(17,4-2)15(21)18-7-8-19-9-11-22-12-10-19;;/h14,20H,3-13,17H2,1-2H3,(H,18,21);2*1H/t14-,16?;;/m0../s1. The molecule has 1 saturated heterocycles. The Morgan fingerprint density at radius 1 is 1.33 bits per heavy atom. The number of morpholine rings is 1. The van der Waals surface area contributed by atoms with E-state index < -0.39 is 11.6 Å². The van der Waals surface area contributed by atoms with Crippen LogP contribution in [0.3, 0.4) is 0 Å². The number of halogens is 2. The molecule has 0 spiro atoms. The third-order valence-corrected chi connectivity index (χ3v) is 4.39. The number of amides is 1. The lowest BCUT2D eigenvalue weighted by atomic mass is 9.88. The van der Waals surface area contributed by atoms with E-state index in [1.165, 1.54) is 0 Å². The molecule has 0 bridgehead atoms. The lowest BCUT2D eigenvalue weighted by Gasteiger charge is -2.30. The van der Waals surface area contributed by atoms with E-state index in [-0.39, 0.29) is 30.7 Å². The normalized spacial score (nSPS) is 18.7. The summed E-state index contributed by atoms with van der Waals surface area (Å²) in [5.74, 6) is -0.154. The first kappa shape index (κ1) is 26.1. The van der Waals surface area contributed by atoms with Gasteiger partial charge in [0.2, 0.25) is 5.91 Å². The predicted molar refractivity (Wildman–Crippen MR) is 102 cm³/mol. The molecule has 2 atom stereocenters. The van der Waals surface area contributed by atoms with E-state index in [1.54, 1.807) is 0 Å². The summed E-state index contributed by atoms with van der Waals surface area (Å²) in [6.45, 7) is 8.71. The van der Waals surface area contributed by atoms with Crippen LogP contribution in [-0.4, -0.2) is 66.9 Å². The molecule has 0 radical (unpaired) electrons. The van der Waals surface area contributed by atoms with Crippen LogP contribution in [0, 0.1) is 0 Å². The molecule has 1 aliphatic rings. The van der Waals surface area contributed by atoms with Gasteiger partial charge in [-0.2, -0.15) is 0 Å². The van der Waals surface area contributed by atoms with E-state index in [9.17, 15) is 9.90 Å². The average molecular weight is 388 g/mol. The minimum absolute atomic E-state index is 0. The highest BCUT2D eigenvalue weighted by Gasteiger charge is 2.34. The van der Waals surface area contributed by atoms with Crippen LogP contribution >= 0.6 is 24.8 Å². The molecule has 0 saturated carbocycles. The van der Waals surface area contributed by atoms with Gasteiger partial charge in [0, 0.05) is 32.6 Å². The highest BCUT2D eigenvalue weighted by atomic mass is 35.5. The Balaban J connectivity index is 0. The summed E-state index contributed by atoms with van der Waals surface area (Å²) in [4.78, 5) is 14.6. The van der Waals surface area contributed by atoms with E-state index in [0.29, 0.717) is 25.8 Å². The fourth-order valence-corrected chi connectivity index (χ4v) is 2.69. The predicted octanol–water partition coefficient (Wildman–Crippen LogP) is 1.33. The second kappa shape index (κ2) is 14.1. The third-order valence-electron chi connectivity index (χ3n) is 4.39. The van der Waals surface area contributed by atoms with Crippen LogP contribution in [0.4, 0.5) is 0 Å². The number of unbranched alkanes of at least 4 members (excludes halogenated alkanes) is 1. The molecule has 0 aromatic heterocycles. The van der Waals surface area contributed by atoms with Crippen molar-refractivity contribution in [1.29, 1.82) is 0 Å². The molecule has 8 heteroatoms. The largest absolute Gasteiger partial charge is 0.393 e. The second-order valence-electron chi connectivity index (χ2n) is 6.22. The number of carbonyl (C=O) groups is 1. The molecular weight excluding hydrogens is 353 g/mol. The lowest BCUT2D eigenvalue weighted by Crippen LogP contribution is -2.56. The summed E-state index contributed by atoms with van der Waals surface area (Å²) in [6.07, 6.45) is 3.05. The topological polar surface area (TPSA) is 87.8 Å². The molecule has 1 heterocycles. The fraction of sp³-hybridized carbons (Fsp3) is 0.938. The molecule has 1 amide bonds. The number of nitrogens with one attached hydrogen (secondary N) is 1. The Morgan fingerprint density at radius 3 is 2.50 bits per heavy atom. The van der Waals surface area contributed by atoms with Gasteiger partial charge in [0.05, 0.1) is 24.9 Å². The number of ether oxygens (including phenoxy) is 1. The molecule has 6 nitrogen and oxygen atoms in total. The van der Waals surface area contributed by atoms with Gasteiger partial charge in [-0.25, -0.2) is 0 Å². The third kappa shape index (κ3) is 9.39. The highest BCUT2D eigenvalue weighted by molar-refractivity contribution is 5.86. The molecule has 24 heavy (non-hydrogen) atoms.